The molecule has 2 aliphatic rings. The molecule has 2 aliphatic heterocycles. The number of rotatable bonds is 5. The second kappa shape index (κ2) is 8.80. The Bertz CT molecular complexity index is 1040. The number of piperazine rings is 1. The zero-order valence-electron chi connectivity index (χ0n) is 17.6. The maximum Gasteiger partial charge on any atom is 0.243 e. The molecule has 2 aromatic carbocycles. The van der Waals surface area contributed by atoms with Gasteiger partial charge < -0.3 is 9.80 Å². The normalized spacial score (nSPS) is 21.3. The van der Waals surface area contributed by atoms with Gasteiger partial charge in [-0.3, -0.25) is 9.59 Å². The number of benzene rings is 2. The summed E-state index contributed by atoms with van der Waals surface area (Å²) in [6.45, 7) is 3.57. The molecule has 7 nitrogen and oxygen atoms in total. The molecule has 31 heavy (non-hydrogen) atoms. The monoisotopic (exact) mass is 441 g/mol. The van der Waals surface area contributed by atoms with E-state index < -0.39 is 10.0 Å². The average molecular weight is 442 g/mol. The fraction of sp³-hybridized carbons (Fsp3) is 0.391. The topological polar surface area (TPSA) is 78.0 Å². The molecule has 4 rings (SSSR count). The predicted octanol–water partition coefficient (Wildman–Crippen LogP) is 2.13. The van der Waals surface area contributed by atoms with Crippen LogP contribution in [0, 0.1) is 5.92 Å². The molecule has 0 aromatic heterocycles. The van der Waals surface area contributed by atoms with Crippen molar-refractivity contribution in [3.8, 4) is 0 Å². The first-order valence-corrected chi connectivity index (χ1v) is 12.0. The Morgan fingerprint density at radius 2 is 1.52 bits per heavy atom. The predicted molar refractivity (Wildman–Crippen MR) is 116 cm³/mol. The molecule has 2 saturated heterocycles. The van der Waals surface area contributed by atoms with Crippen molar-refractivity contribution in [2.75, 3.05) is 32.7 Å². The van der Waals surface area contributed by atoms with Crippen molar-refractivity contribution in [1.29, 1.82) is 0 Å². The minimum Gasteiger partial charge on any atom is -0.340 e. The van der Waals surface area contributed by atoms with Crippen molar-refractivity contribution in [1.82, 2.24) is 14.1 Å². The van der Waals surface area contributed by atoms with Crippen molar-refractivity contribution < 1.29 is 18.0 Å². The minimum absolute atomic E-state index is 0.0139. The Balaban J connectivity index is 1.37. The lowest BCUT2D eigenvalue weighted by Crippen LogP contribution is -2.52. The number of amides is 2. The molecule has 0 aliphatic carbocycles. The van der Waals surface area contributed by atoms with Crippen LogP contribution in [0.3, 0.4) is 0 Å². The molecule has 2 atom stereocenters. The van der Waals surface area contributed by atoms with E-state index in [4.69, 9.17) is 0 Å². The third-order valence-corrected chi connectivity index (χ3v) is 8.10. The molecule has 0 bridgehead atoms. The first-order valence-electron chi connectivity index (χ1n) is 10.6. The summed E-state index contributed by atoms with van der Waals surface area (Å²) in [6.07, 6.45) is 0.207. The molecule has 0 spiro atoms. The van der Waals surface area contributed by atoms with E-state index in [9.17, 15) is 18.0 Å². The number of nitrogens with zero attached hydrogens (tertiary/aromatic N) is 3. The second-order valence-corrected chi connectivity index (χ2v) is 10.0. The summed E-state index contributed by atoms with van der Waals surface area (Å²) >= 11 is 0. The smallest absolute Gasteiger partial charge is 0.243 e. The summed E-state index contributed by atoms with van der Waals surface area (Å²) in [4.78, 5) is 29.4. The van der Waals surface area contributed by atoms with Gasteiger partial charge in [-0.15, -0.1) is 0 Å². The second-order valence-electron chi connectivity index (χ2n) is 8.08. The zero-order chi connectivity index (χ0) is 22.0. The SMILES string of the molecule is CC(c1ccccc1)N1CC(C(=O)N2CCN(S(=O)(=O)c3ccccc3)CC2)CC1=O. The third kappa shape index (κ3) is 4.36. The number of sulfonamides is 1. The Morgan fingerprint density at radius 1 is 0.935 bits per heavy atom. The number of hydrogen-bond acceptors (Lipinski definition) is 4. The van der Waals surface area contributed by atoms with Gasteiger partial charge in [0.15, 0.2) is 0 Å². The van der Waals surface area contributed by atoms with Gasteiger partial charge in [0, 0.05) is 39.1 Å². The molecule has 2 fully saturated rings. The van der Waals surface area contributed by atoms with Crippen LogP contribution in [0.1, 0.15) is 24.9 Å². The molecule has 2 aromatic rings. The molecule has 0 N–H and O–H groups in total. The van der Waals surface area contributed by atoms with Crippen molar-refractivity contribution in [3.63, 3.8) is 0 Å². The van der Waals surface area contributed by atoms with E-state index in [0.717, 1.165) is 5.56 Å². The summed E-state index contributed by atoms with van der Waals surface area (Å²) in [5.41, 5.74) is 1.05. The van der Waals surface area contributed by atoms with Crippen molar-refractivity contribution in [2.45, 2.75) is 24.3 Å². The molecule has 2 heterocycles. The van der Waals surface area contributed by atoms with E-state index in [1.165, 1.54) is 4.31 Å². The minimum atomic E-state index is -3.56. The molecule has 0 saturated carbocycles. The first kappa shape index (κ1) is 21.5. The Labute approximate surface area is 183 Å². The van der Waals surface area contributed by atoms with E-state index >= 15 is 0 Å². The molecule has 8 heteroatoms. The van der Waals surface area contributed by atoms with Gasteiger partial charge in [-0.25, -0.2) is 8.42 Å². The van der Waals surface area contributed by atoms with Crippen LogP contribution < -0.4 is 0 Å². The summed E-state index contributed by atoms with van der Waals surface area (Å²) in [7, 11) is -3.56. The first-order chi connectivity index (χ1) is 14.9. The lowest BCUT2D eigenvalue weighted by Gasteiger charge is -2.35. The lowest BCUT2D eigenvalue weighted by molar-refractivity contribution is -0.137. The highest BCUT2D eigenvalue weighted by Crippen LogP contribution is 2.30. The van der Waals surface area contributed by atoms with Crippen LogP contribution >= 0.6 is 0 Å². The van der Waals surface area contributed by atoms with Crippen LogP contribution in [-0.2, 0) is 19.6 Å². The third-order valence-electron chi connectivity index (χ3n) is 6.19. The molecular formula is C23H27N3O4S. The van der Waals surface area contributed by atoms with Crippen LogP contribution in [0.4, 0.5) is 0 Å². The highest BCUT2D eigenvalue weighted by Gasteiger charge is 2.40. The molecule has 164 valence electrons. The zero-order valence-corrected chi connectivity index (χ0v) is 18.4. The van der Waals surface area contributed by atoms with Crippen LogP contribution in [0.15, 0.2) is 65.6 Å². The van der Waals surface area contributed by atoms with Gasteiger partial charge in [-0.2, -0.15) is 4.31 Å². The summed E-state index contributed by atoms with van der Waals surface area (Å²) in [5, 5.41) is 0. The van der Waals surface area contributed by atoms with E-state index in [1.54, 1.807) is 40.1 Å². The Hall–Kier alpha value is -2.71. The molecule has 2 amide bonds. The van der Waals surface area contributed by atoms with Gasteiger partial charge in [0.25, 0.3) is 0 Å². The number of hydrogen-bond donors (Lipinski definition) is 0. The maximum absolute atomic E-state index is 13.1. The standard InChI is InChI=1S/C23H27N3O4S/c1-18(19-8-4-2-5-9-19)26-17-20(16-22(26)27)23(28)24-12-14-25(15-13-24)31(29,30)21-10-6-3-7-11-21/h2-11,18,20H,12-17H2,1H3. The van der Waals surface area contributed by atoms with Gasteiger partial charge in [0.2, 0.25) is 21.8 Å². The van der Waals surface area contributed by atoms with E-state index in [1.807, 2.05) is 37.3 Å². The maximum atomic E-state index is 13.1. The highest BCUT2D eigenvalue weighted by molar-refractivity contribution is 7.89. The molecular weight excluding hydrogens is 414 g/mol. The average Bonchev–Trinajstić information content (AvgIpc) is 3.21. The van der Waals surface area contributed by atoms with E-state index in [0.29, 0.717) is 19.6 Å². The fourth-order valence-corrected chi connectivity index (χ4v) is 5.77. The van der Waals surface area contributed by atoms with Crippen LogP contribution in [0.2, 0.25) is 0 Å². The van der Waals surface area contributed by atoms with Gasteiger partial charge in [0.05, 0.1) is 16.9 Å². The quantitative estimate of drug-likeness (QED) is 0.712. The molecule has 2 unspecified atom stereocenters. The lowest BCUT2D eigenvalue weighted by atomic mass is 10.1. The van der Waals surface area contributed by atoms with E-state index in [-0.39, 0.29) is 48.2 Å². The van der Waals surface area contributed by atoms with Gasteiger partial charge in [-0.1, -0.05) is 48.5 Å². The van der Waals surface area contributed by atoms with Crippen molar-refractivity contribution >= 4 is 21.8 Å². The Kier molecular flexibility index (Phi) is 6.11. The van der Waals surface area contributed by atoms with Gasteiger partial charge in [-0.05, 0) is 24.6 Å². The number of carbonyl (C=O) groups is 2. The largest absolute Gasteiger partial charge is 0.340 e. The van der Waals surface area contributed by atoms with Crippen molar-refractivity contribution in [2.24, 2.45) is 5.92 Å². The number of likely N-dealkylation sites (tertiary alicyclic amines) is 1. The Morgan fingerprint density at radius 3 is 2.13 bits per heavy atom. The summed E-state index contributed by atoms with van der Waals surface area (Å²) < 4.78 is 27.0. The summed E-state index contributed by atoms with van der Waals surface area (Å²) in [6, 6.07) is 18.1. The molecule has 0 radical (unpaired) electrons. The van der Waals surface area contributed by atoms with Crippen LogP contribution in [0.5, 0.6) is 0 Å². The summed E-state index contributed by atoms with van der Waals surface area (Å²) in [5.74, 6) is -0.455. The van der Waals surface area contributed by atoms with Crippen LogP contribution in [-0.4, -0.2) is 67.1 Å². The van der Waals surface area contributed by atoms with Gasteiger partial charge in [0.1, 0.15) is 0 Å². The highest BCUT2D eigenvalue weighted by atomic mass is 32.2. The van der Waals surface area contributed by atoms with E-state index in [2.05, 4.69) is 0 Å². The fourth-order valence-electron chi connectivity index (χ4n) is 4.33. The number of carbonyl (C=O) groups excluding carboxylic acids is 2. The van der Waals surface area contributed by atoms with Gasteiger partial charge >= 0.3 is 0 Å². The van der Waals surface area contributed by atoms with Crippen molar-refractivity contribution in [3.05, 3.63) is 66.2 Å². The van der Waals surface area contributed by atoms with Crippen LogP contribution in [0.25, 0.3) is 0 Å².